The zero-order valence-electron chi connectivity index (χ0n) is 14.9. The van der Waals surface area contributed by atoms with Crippen LogP contribution in [0.2, 0.25) is 0 Å². The smallest absolute Gasteiger partial charge is 0.335 e. The summed E-state index contributed by atoms with van der Waals surface area (Å²) in [5.74, 6) is -0.744. The van der Waals surface area contributed by atoms with Crippen LogP contribution in [-0.4, -0.2) is 21.3 Å². The molecule has 0 unspecified atom stereocenters. The molecule has 3 aromatic carbocycles. The summed E-state index contributed by atoms with van der Waals surface area (Å²) in [7, 11) is 0. The Morgan fingerprint density at radius 2 is 0.963 bits per heavy atom. The Balaban J connectivity index is 1.53. The van der Waals surface area contributed by atoms with E-state index in [1.165, 1.54) is 17.2 Å². The monoisotopic (exact) mass is 362 g/mol. The topological polar surface area (TPSA) is 77.8 Å². The first-order valence-corrected chi connectivity index (χ1v) is 8.91. The van der Waals surface area contributed by atoms with Crippen LogP contribution >= 0.6 is 0 Å². The molecule has 3 rings (SSSR count). The predicted molar refractivity (Wildman–Crippen MR) is 104 cm³/mol. The van der Waals surface area contributed by atoms with E-state index >= 15 is 0 Å². The SMILES string of the molecule is O=C(O)c1ccc(CCc2ccc(CCc3cc(O)cc(O)c3)cc2)cc1. The molecule has 0 saturated heterocycles. The van der Waals surface area contributed by atoms with Gasteiger partial charge in [0, 0.05) is 6.07 Å². The van der Waals surface area contributed by atoms with E-state index in [0.29, 0.717) is 5.56 Å². The maximum Gasteiger partial charge on any atom is 0.335 e. The Hall–Kier alpha value is -3.27. The lowest BCUT2D eigenvalue weighted by atomic mass is 10.00. The fourth-order valence-corrected chi connectivity index (χ4v) is 3.06. The number of aryl methyl sites for hydroxylation is 4. The first-order chi connectivity index (χ1) is 13.0. The van der Waals surface area contributed by atoms with Crippen molar-refractivity contribution in [3.63, 3.8) is 0 Å². The number of hydrogen-bond donors (Lipinski definition) is 3. The summed E-state index contributed by atoms with van der Waals surface area (Å²) in [6, 6.07) is 20.1. The molecule has 0 fully saturated rings. The number of carboxylic acids is 1. The van der Waals surface area contributed by atoms with Crippen molar-refractivity contribution in [2.75, 3.05) is 0 Å². The molecule has 0 amide bonds. The zero-order valence-corrected chi connectivity index (χ0v) is 14.9. The van der Waals surface area contributed by atoms with Gasteiger partial charge < -0.3 is 15.3 Å². The number of phenols is 2. The highest BCUT2D eigenvalue weighted by Crippen LogP contribution is 2.21. The molecule has 27 heavy (non-hydrogen) atoms. The zero-order chi connectivity index (χ0) is 19.2. The summed E-state index contributed by atoms with van der Waals surface area (Å²) >= 11 is 0. The molecule has 0 aromatic heterocycles. The summed E-state index contributed by atoms with van der Waals surface area (Å²) in [5, 5.41) is 28.0. The Labute approximate surface area is 158 Å². The number of rotatable bonds is 7. The molecule has 0 aliphatic heterocycles. The lowest BCUT2D eigenvalue weighted by Gasteiger charge is -2.06. The first kappa shape index (κ1) is 18.5. The minimum Gasteiger partial charge on any atom is -0.508 e. The third-order valence-electron chi connectivity index (χ3n) is 4.59. The molecule has 138 valence electrons. The molecule has 3 N–H and O–H groups in total. The number of benzene rings is 3. The van der Waals surface area contributed by atoms with E-state index in [9.17, 15) is 15.0 Å². The van der Waals surface area contributed by atoms with Gasteiger partial charge in [0.15, 0.2) is 0 Å². The van der Waals surface area contributed by atoms with Crippen LogP contribution in [0.15, 0.2) is 66.7 Å². The van der Waals surface area contributed by atoms with Crippen molar-refractivity contribution >= 4 is 5.97 Å². The Kier molecular flexibility index (Phi) is 5.77. The van der Waals surface area contributed by atoms with Crippen LogP contribution in [0.3, 0.4) is 0 Å². The van der Waals surface area contributed by atoms with Gasteiger partial charge in [0.2, 0.25) is 0 Å². The van der Waals surface area contributed by atoms with Crippen LogP contribution in [0.5, 0.6) is 11.5 Å². The summed E-state index contributed by atoms with van der Waals surface area (Å²) in [6.45, 7) is 0. The van der Waals surface area contributed by atoms with Crippen LogP contribution in [0.4, 0.5) is 0 Å². The second-order valence-corrected chi connectivity index (χ2v) is 6.68. The molecule has 0 heterocycles. The highest BCUT2D eigenvalue weighted by atomic mass is 16.4. The minimum atomic E-state index is -0.905. The van der Waals surface area contributed by atoms with Crippen molar-refractivity contribution in [2.45, 2.75) is 25.7 Å². The molecule has 4 nitrogen and oxygen atoms in total. The molecule has 0 atom stereocenters. The van der Waals surface area contributed by atoms with E-state index in [0.717, 1.165) is 36.8 Å². The van der Waals surface area contributed by atoms with Gasteiger partial charge in [-0.3, -0.25) is 0 Å². The largest absolute Gasteiger partial charge is 0.508 e. The minimum absolute atomic E-state index is 0.0803. The molecule has 0 aliphatic rings. The number of aromatic hydroxyl groups is 2. The van der Waals surface area contributed by atoms with Gasteiger partial charge in [-0.25, -0.2) is 4.79 Å². The van der Waals surface area contributed by atoms with Crippen LogP contribution in [0, 0.1) is 0 Å². The van der Waals surface area contributed by atoms with Crippen molar-refractivity contribution in [2.24, 2.45) is 0 Å². The van der Waals surface area contributed by atoms with Gasteiger partial charge in [0.1, 0.15) is 11.5 Å². The van der Waals surface area contributed by atoms with Gasteiger partial charge in [0.25, 0.3) is 0 Å². The second kappa shape index (κ2) is 8.41. The van der Waals surface area contributed by atoms with E-state index < -0.39 is 5.97 Å². The van der Waals surface area contributed by atoms with Crippen molar-refractivity contribution in [1.29, 1.82) is 0 Å². The number of carboxylic acid groups (broad SMARTS) is 1. The van der Waals surface area contributed by atoms with Crippen LogP contribution in [0.25, 0.3) is 0 Å². The third-order valence-corrected chi connectivity index (χ3v) is 4.59. The van der Waals surface area contributed by atoms with Gasteiger partial charge >= 0.3 is 5.97 Å². The van der Waals surface area contributed by atoms with Gasteiger partial charge in [-0.1, -0.05) is 36.4 Å². The fourth-order valence-electron chi connectivity index (χ4n) is 3.06. The summed E-state index contributed by atoms with van der Waals surface area (Å²) < 4.78 is 0. The molecule has 3 aromatic rings. The molecular formula is C23H22O4. The van der Waals surface area contributed by atoms with Gasteiger partial charge in [-0.2, -0.15) is 0 Å². The number of hydrogen-bond acceptors (Lipinski definition) is 3. The van der Waals surface area contributed by atoms with Crippen molar-refractivity contribution in [1.82, 2.24) is 0 Å². The van der Waals surface area contributed by atoms with E-state index in [1.807, 2.05) is 12.1 Å². The molecule has 0 radical (unpaired) electrons. The van der Waals surface area contributed by atoms with Crippen molar-refractivity contribution < 1.29 is 20.1 Å². The van der Waals surface area contributed by atoms with Gasteiger partial charge in [-0.05, 0) is 72.2 Å². The Bertz CT molecular complexity index is 892. The molecular weight excluding hydrogens is 340 g/mol. The third kappa shape index (κ3) is 5.35. The Morgan fingerprint density at radius 3 is 1.37 bits per heavy atom. The first-order valence-electron chi connectivity index (χ1n) is 8.91. The Morgan fingerprint density at radius 1 is 0.593 bits per heavy atom. The van der Waals surface area contributed by atoms with Crippen LogP contribution in [-0.2, 0) is 25.7 Å². The van der Waals surface area contributed by atoms with E-state index in [4.69, 9.17) is 5.11 Å². The fraction of sp³-hybridized carbons (Fsp3) is 0.174. The van der Waals surface area contributed by atoms with Gasteiger partial charge in [-0.15, -0.1) is 0 Å². The average molecular weight is 362 g/mol. The quantitative estimate of drug-likeness (QED) is 0.583. The molecule has 0 saturated carbocycles. The lowest BCUT2D eigenvalue weighted by Crippen LogP contribution is -1.97. The van der Waals surface area contributed by atoms with E-state index in [-0.39, 0.29) is 11.5 Å². The highest BCUT2D eigenvalue weighted by Gasteiger charge is 2.03. The van der Waals surface area contributed by atoms with Crippen LogP contribution < -0.4 is 0 Å². The second-order valence-electron chi connectivity index (χ2n) is 6.68. The highest BCUT2D eigenvalue weighted by molar-refractivity contribution is 5.87. The van der Waals surface area contributed by atoms with Gasteiger partial charge in [0.05, 0.1) is 5.56 Å². The number of phenolic OH excluding ortho intramolecular Hbond substituents is 2. The average Bonchev–Trinajstić information content (AvgIpc) is 2.65. The number of aromatic carboxylic acids is 1. The van der Waals surface area contributed by atoms with E-state index in [2.05, 4.69) is 24.3 Å². The predicted octanol–water partition coefficient (Wildman–Crippen LogP) is 4.37. The summed E-state index contributed by atoms with van der Waals surface area (Å²) in [6.07, 6.45) is 3.34. The maximum absolute atomic E-state index is 10.9. The maximum atomic E-state index is 10.9. The molecule has 0 spiro atoms. The molecule has 4 heteroatoms. The standard InChI is InChI=1S/C23H22O4/c24-21-13-19(14-22(25)15-21)8-7-17-3-1-16(2-4-17)5-6-18-9-11-20(12-10-18)23(26)27/h1-4,9-15,24-25H,5-8H2,(H,26,27). The number of carbonyl (C=O) groups is 1. The van der Waals surface area contributed by atoms with E-state index in [1.54, 1.807) is 24.3 Å². The summed E-state index contributed by atoms with van der Waals surface area (Å²) in [5.41, 5.74) is 4.76. The molecule has 0 bridgehead atoms. The van der Waals surface area contributed by atoms with Crippen LogP contribution in [0.1, 0.15) is 32.6 Å². The normalized spacial score (nSPS) is 10.7. The summed E-state index contributed by atoms with van der Waals surface area (Å²) in [4.78, 5) is 10.9. The van der Waals surface area contributed by atoms with Crippen molar-refractivity contribution in [3.05, 3.63) is 94.5 Å². The van der Waals surface area contributed by atoms with Crippen molar-refractivity contribution in [3.8, 4) is 11.5 Å². The lowest BCUT2D eigenvalue weighted by molar-refractivity contribution is 0.0697. The molecule has 0 aliphatic carbocycles.